The van der Waals surface area contributed by atoms with Gasteiger partial charge in [0.1, 0.15) is 0 Å². The summed E-state index contributed by atoms with van der Waals surface area (Å²) in [4.78, 5) is 21.5. The molecule has 0 spiro atoms. The molecule has 3 heteroatoms. The summed E-state index contributed by atoms with van der Waals surface area (Å²) in [6, 6.07) is 0. The van der Waals surface area contributed by atoms with Gasteiger partial charge in [-0.25, -0.2) is 0 Å². The summed E-state index contributed by atoms with van der Waals surface area (Å²) in [7, 11) is 0. The zero-order valence-corrected chi connectivity index (χ0v) is 9.06. The van der Waals surface area contributed by atoms with Gasteiger partial charge in [-0.1, -0.05) is 39.5 Å². The van der Waals surface area contributed by atoms with Crippen LogP contribution in [0.15, 0.2) is 0 Å². The van der Waals surface area contributed by atoms with Crippen LogP contribution >= 0.6 is 11.6 Å². The highest BCUT2D eigenvalue weighted by Gasteiger charge is 2.16. The quantitative estimate of drug-likeness (QED) is 0.472. The number of unbranched alkanes of at least 4 members (excludes halogenated alkanes) is 1. The largest absolute Gasteiger partial charge is 0.289 e. The van der Waals surface area contributed by atoms with Gasteiger partial charge in [-0.2, -0.15) is 0 Å². The highest BCUT2D eigenvalue weighted by molar-refractivity contribution is 6.81. The van der Waals surface area contributed by atoms with Crippen molar-refractivity contribution in [3.63, 3.8) is 0 Å². The van der Waals surface area contributed by atoms with Crippen LogP contribution in [0.4, 0.5) is 0 Å². The molecule has 0 bridgehead atoms. The number of hydrogen-bond donors (Lipinski definition) is 0. The minimum Gasteiger partial charge on any atom is -0.289 e. The molecule has 1 unspecified atom stereocenters. The second-order valence-corrected chi connectivity index (χ2v) is 3.66. The van der Waals surface area contributed by atoms with E-state index >= 15 is 0 Å². The van der Waals surface area contributed by atoms with E-state index in [1.807, 2.05) is 6.92 Å². The molecule has 0 heterocycles. The third kappa shape index (κ3) is 5.81. The fraction of sp³-hybridized carbons (Fsp3) is 0.800. The number of carbonyl (C=O) groups excluding carboxylic acids is 2. The van der Waals surface area contributed by atoms with Crippen LogP contribution in [0.1, 0.15) is 46.0 Å². The molecule has 76 valence electrons. The molecule has 1 atom stereocenters. The highest BCUT2D eigenvalue weighted by atomic mass is 35.5. The van der Waals surface area contributed by atoms with E-state index in [9.17, 15) is 9.59 Å². The minimum absolute atomic E-state index is 0.318. The van der Waals surface area contributed by atoms with Crippen LogP contribution in [-0.2, 0) is 9.59 Å². The number of halogens is 1. The lowest BCUT2D eigenvalue weighted by Gasteiger charge is -2.11. The minimum atomic E-state index is -0.824. The van der Waals surface area contributed by atoms with E-state index in [-0.39, 0.29) is 0 Å². The van der Waals surface area contributed by atoms with Gasteiger partial charge in [-0.15, -0.1) is 0 Å². The Morgan fingerprint density at radius 2 is 1.92 bits per heavy atom. The predicted octanol–water partition coefficient (Wildman–Crippen LogP) is 2.93. The normalized spacial score (nSPS) is 12.5. The summed E-state index contributed by atoms with van der Waals surface area (Å²) >= 11 is 5.07. The van der Waals surface area contributed by atoms with Crippen molar-refractivity contribution in [1.82, 2.24) is 0 Å². The summed E-state index contributed by atoms with van der Waals surface area (Å²) in [6.07, 6.45) is 4.51. The first-order valence-corrected chi connectivity index (χ1v) is 5.22. The topological polar surface area (TPSA) is 34.1 Å². The smallest absolute Gasteiger partial charge is 0.288 e. The van der Waals surface area contributed by atoms with E-state index in [2.05, 4.69) is 6.92 Å². The van der Waals surface area contributed by atoms with Crippen molar-refractivity contribution in [1.29, 1.82) is 0 Å². The van der Waals surface area contributed by atoms with Gasteiger partial charge in [0, 0.05) is 6.42 Å². The molecule has 0 rings (SSSR count). The lowest BCUT2D eigenvalue weighted by molar-refractivity contribution is -0.132. The van der Waals surface area contributed by atoms with Crippen LogP contribution in [0.2, 0.25) is 0 Å². The maximum atomic E-state index is 11.0. The Kier molecular flexibility index (Phi) is 6.87. The summed E-state index contributed by atoms with van der Waals surface area (Å²) in [5.74, 6) is -0.111. The molecule has 0 aliphatic heterocycles. The first kappa shape index (κ1) is 12.6. The Labute approximate surface area is 84.7 Å². The third-order valence-corrected chi connectivity index (χ3v) is 2.45. The second kappa shape index (κ2) is 7.07. The molecule has 0 N–H and O–H groups in total. The molecule has 13 heavy (non-hydrogen) atoms. The van der Waals surface area contributed by atoms with Crippen LogP contribution in [0.5, 0.6) is 0 Å². The molecule has 0 saturated heterocycles. The van der Waals surface area contributed by atoms with Crippen molar-refractivity contribution in [2.75, 3.05) is 0 Å². The fourth-order valence-electron chi connectivity index (χ4n) is 1.29. The SMILES string of the molecule is CCCCC(CC)CC(=O)C(=O)Cl. The third-order valence-electron chi connectivity index (χ3n) is 2.24. The average molecular weight is 205 g/mol. The summed E-state index contributed by atoms with van der Waals surface area (Å²) < 4.78 is 0. The highest BCUT2D eigenvalue weighted by Crippen LogP contribution is 2.17. The van der Waals surface area contributed by atoms with Crippen LogP contribution in [-0.4, -0.2) is 11.0 Å². The standard InChI is InChI=1S/C10H17ClO2/c1-3-5-6-8(4-2)7-9(12)10(11)13/h8H,3-7H2,1-2H3. The molecule has 0 aliphatic rings. The van der Waals surface area contributed by atoms with Crippen LogP contribution < -0.4 is 0 Å². The van der Waals surface area contributed by atoms with Crippen LogP contribution in [0.3, 0.4) is 0 Å². The van der Waals surface area contributed by atoms with Crippen molar-refractivity contribution in [3.8, 4) is 0 Å². The molecule has 0 aromatic heterocycles. The van der Waals surface area contributed by atoms with Gasteiger partial charge in [0.05, 0.1) is 0 Å². The summed E-state index contributed by atoms with van der Waals surface area (Å²) in [5, 5.41) is -0.824. The van der Waals surface area contributed by atoms with E-state index in [4.69, 9.17) is 11.6 Å². The molecule has 0 aromatic rings. The number of carbonyl (C=O) groups is 2. The lowest BCUT2D eigenvalue weighted by atomic mass is 9.94. The van der Waals surface area contributed by atoms with E-state index in [1.165, 1.54) is 0 Å². The van der Waals surface area contributed by atoms with Gasteiger partial charge >= 0.3 is 0 Å². The van der Waals surface area contributed by atoms with E-state index < -0.39 is 11.0 Å². The Hall–Kier alpha value is -0.370. The summed E-state index contributed by atoms with van der Waals surface area (Å²) in [6.45, 7) is 4.15. The predicted molar refractivity (Wildman–Crippen MR) is 53.8 cm³/mol. The number of ketones is 1. The first-order valence-electron chi connectivity index (χ1n) is 4.84. The number of hydrogen-bond acceptors (Lipinski definition) is 2. The second-order valence-electron chi connectivity index (χ2n) is 3.32. The molecule has 0 amide bonds. The monoisotopic (exact) mass is 204 g/mol. The van der Waals surface area contributed by atoms with Gasteiger partial charge in [0.15, 0.2) is 0 Å². The maximum absolute atomic E-state index is 11.0. The van der Waals surface area contributed by atoms with Gasteiger partial charge < -0.3 is 0 Å². The van der Waals surface area contributed by atoms with E-state index in [0.717, 1.165) is 25.7 Å². The number of Topliss-reactive ketones (excluding diaryl/α,β-unsaturated/α-hetero) is 1. The lowest BCUT2D eigenvalue weighted by Crippen LogP contribution is -2.13. The molecule has 2 nitrogen and oxygen atoms in total. The number of rotatable bonds is 7. The molecule has 0 aliphatic carbocycles. The van der Waals surface area contributed by atoms with Gasteiger partial charge in [-0.3, -0.25) is 9.59 Å². The van der Waals surface area contributed by atoms with Crippen molar-refractivity contribution >= 4 is 22.6 Å². The molecular weight excluding hydrogens is 188 g/mol. The maximum Gasteiger partial charge on any atom is 0.288 e. The molecule has 0 saturated carbocycles. The zero-order valence-electron chi connectivity index (χ0n) is 8.31. The van der Waals surface area contributed by atoms with Gasteiger partial charge in [0.2, 0.25) is 5.78 Å². The zero-order chi connectivity index (χ0) is 10.3. The van der Waals surface area contributed by atoms with Crippen molar-refractivity contribution < 1.29 is 9.59 Å². The van der Waals surface area contributed by atoms with Crippen LogP contribution in [0, 0.1) is 5.92 Å². The van der Waals surface area contributed by atoms with E-state index in [0.29, 0.717) is 12.3 Å². The van der Waals surface area contributed by atoms with Crippen molar-refractivity contribution in [3.05, 3.63) is 0 Å². The van der Waals surface area contributed by atoms with Gasteiger partial charge in [-0.05, 0) is 17.5 Å². The fourth-order valence-corrected chi connectivity index (χ4v) is 1.36. The molecule has 0 fully saturated rings. The van der Waals surface area contributed by atoms with Crippen molar-refractivity contribution in [2.45, 2.75) is 46.0 Å². The Morgan fingerprint density at radius 1 is 1.31 bits per heavy atom. The summed E-state index contributed by atoms with van der Waals surface area (Å²) in [5.41, 5.74) is 0. The van der Waals surface area contributed by atoms with E-state index in [1.54, 1.807) is 0 Å². The average Bonchev–Trinajstić information content (AvgIpc) is 2.11. The Morgan fingerprint density at radius 3 is 2.31 bits per heavy atom. The van der Waals surface area contributed by atoms with Crippen molar-refractivity contribution in [2.24, 2.45) is 5.92 Å². The molecule has 0 radical (unpaired) electrons. The Bertz CT molecular complexity index is 178. The molecular formula is C10H17ClO2. The molecule has 0 aromatic carbocycles. The first-order chi connectivity index (χ1) is 6.11. The van der Waals surface area contributed by atoms with Gasteiger partial charge in [0.25, 0.3) is 5.24 Å². The Balaban J connectivity index is 3.83. The van der Waals surface area contributed by atoms with Crippen LogP contribution in [0.25, 0.3) is 0 Å².